The van der Waals surface area contributed by atoms with Crippen LogP contribution in [0, 0.1) is 12.7 Å². The van der Waals surface area contributed by atoms with Crippen LogP contribution in [-0.4, -0.2) is 57.3 Å². The molecule has 1 aliphatic heterocycles. The zero-order valence-corrected chi connectivity index (χ0v) is 12.9. The summed E-state index contributed by atoms with van der Waals surface area (Å²) in [6.45, 7) is 3.87. The van der Waals surface area contributed by atoms with Gasteiger partial charge in [-0.3, -0.25) is 4.79 Å². The number of aromatic nitrogens is 4. The van der Waals surface area contributed by atoms with Crippen molar-refractivity contribution in [2.75, 3.05) is 26.3 Å². The molecule has 1 amide bonds. The molecule has 1 aromatic heterocycles. The summed E-state index contributed by atoms with van der Waals surface area (Å²) in [6.07, 6.45) is 0.333. The van der Waals surface area contributed by atoms with Crippen molar-refractivity contribution in [1.82, 2.24) is 25.1 Å². The molecule has 0 bridgehead atoms. The van der Waals surface area contributed by atoms with Crippen LogP contribution in [0.2, 0.25) is 0 Å². The van der Waals surface area contributed by atoms with Gasteiger partial charge in [0, 0.05) is 19.5 Å². The number of aryl methyl sites for hydroxylation is 1. The van der Waals surface area contributed by atoms with Crippen molar-refractivity contribution in [1.29, 1.82) is 0 Å². The molecule has 1 fully saturated rings. The van der Waals surface area contributed by atoms with Crippen LogP contribution in [0.1, 0.15) is 17.4 Å². The Morgan fingerprint density at radius 2 is 2.17 bits per heavy atom. The van der Waals surface area contributed by atoms with Crippen molar-refractivity contribution >= 4 is 5.91 Å². The van der Waals surface area contributed by atoms with Crippen molar-refractivity contribution in [2.45, 2.75) is 19.4 Å². The average Bonchev–Trinajstić information content (AvgIpc) is 2.99. The summed E-state index contributed by atoms with van der Waals surface area (Å²) in [7, 11) is 0. The van der Waals surface area contributed by atoms with E-state index in [-0.39, 0.29) is 11.7 Å². The molecule has 0 spiro atoms. The summed E-state index contributed by atoms with van der Waals surface area (Å²) in [6, 6.07) is 5.64. The number of carbonyl (C=O) groups excluding carboxylic acids is 1. The third-order valence-corrected chi connectivity index (χ3v) is 3.88. The topological polar surface area (TPSA) is 73.1 Å². The minimum Gasteiger partial charge on any atom is -0.378 e. The SMILES string of the molecule is Cc1nnnn1[C@H](Cc1cccc(F)c1)C(=O)N1CCOCC1. The Kier molecular flexibility index (Phi) is 4.61. The highest BCUT2D eigenvalue weighted by atomic mass is 19.1. The van der Waals surface area contributed by atoms with Crippen molar-refractivity contribution in [3.8, 4) is 0 Å². The molecular formula is C15H18FN5O2. The molecule has 0 unspecified atom stereocenters. The number of carbonyl (C=O) groups is 1. The van der Waals surface area contributed by atoms with E-state index >= 15 is 0 Å². The van der Waals surface area contributed by atoms with Crippen LogP contribution in [-0.2, 0) is 16.0 Å². The minimum absolute atomic E-state index is 0.0760. The van der Waals surface area contributed by atoms with Crippen molar-refractivity contribution < 1.29 is 13.9 Å². The van der Waals surface area contributed by atoms with E-state index in [1.54, 1.807) is 24.0 Å². The van der Waals surface area contributed by atoms with E-state index in [2.05, 4.69) is 15.5 Å². The smallest absolute Gasteiger partial charge is 0.248 e. The van der Waals surface area contributed by atoms with Gasteiger partial charge in [0.1, 0.15) is 17.7 Å². The second-order valence-corrected chi connectivity index (χ2v) is 5.46. The number of morpholine rings is 1. The summed E-state index contributed by atoms with van der Waals surface area (Å²) < 4.78 is 20.2. The van der Waals surface area contributed by atoms with Crippen molar-refractivity contribution in [2.24, 2.45) is 0 Å². The number of tetrazole rings is 1. The molecule has 3 rings (SSSR count). The second kappa shape index (κ2) is 6.82. The molecule has 122 valence electrons. The molecule has 23 heavy (non-hydrogen) atoms. The number of ether oxygens (including phenoxy) is 1. The first-order valence-electron chi connectivity index (χ1n) is 7.50. The van der Waals surface area contributed by atoms with Gasteiger partial charge in [0.2, 0.25) is 5.91 Å². The summed E-state index contributed by atoms with van der Waals surface area (Å²) in [5, 5.41) is 11.4. The standard InChI is InChI=1S/C15H18FN5O2/c1-11-17-18-19-21(11)14(10-12-3-2-4-13(16)9-12)15(22)20-5-7-23-8-6-20/h2-4,9,14H,5-8,10H2,1H3/t14-/m1/s1. The summed E-state index contributed by atoms with van der Waals surface area (Å²) >= 11 is 0. The highest BCUT2D eigenvalue weighted by Gasteiger charge is 2.29. The molecular weight excluding hydrogens is 301 g/mol. The van der Waals surface area contributed by atoms with Gasteiger partial charge in [-0.05, 0) is 35.0 Å². The maximum absolute atomic E-state index is 13.4. The molecule has 0 N–H and O–H groups in total. The number of hydrogen-bond donors (Lipinski definition) is 0. The summed E-state index contributed by atoms with van der Waals surface area (Å²) in [5.74, 6) is 0.148. The minimum atomic E-state index is -0.593. The van der Waals surface area contributed by atoms with E-state index in [4.69, 9.17) is 4.74 Å². The molecule has 0 radical (unpaired) electrons. The quantitative estimate of drug-likeness (QED) is 0.832. The molecule has 1 atom stereocenters. The number of halogens is 1. The van der Waals surface area contributed by atoms with Crippen molar-refractivity contribution in [3.63, 3.8) is 0 Å². The molecule has 7 nitrogen and oxygen atoms in total. The normalized spacial score (nSPS) is 16.3. The van der Waals surface area contributed by atoms with E-state index in [9.17, 15) is 9.18 Å². The Balaban J connectivity index is 1.87. The van der Waals surface area contributed by atoms with Gasteiger partial charge in [0.25, 0.3) is 0 Å². The van der Waals surface area contributed by atoms with Gasteiger partial charge in [-0.1, -0.05) is 12.1 Å². The Morgan fingerprint density at radius 3 is 2.83 bits per heavy atom. The largest absolute Gasteiger partial charge is 0.378 e. The zero-order chi connectivity index (χ0) is 16.2. The molecule has 1 saturated heterocycles. The van der Waals surface area contributed by atoms with Crippen LogP contribution in [0.15, 0.2) is 24.3 Å². The lowest BCUT2D eigenvalue weighted by Crippen LogP contribution is -2.45. The van der Waals surface area contributed by atoms with Gasteiger partial charge in [-0.2, -0.15) is 0 Å². The predicted octanol–water partition coefficient (Wildman–Crippen LogP) is 0.763. The number of rotatable bonds is 4. The molecule has 0 aliphatic carbocycles. The van der Waals surface area contributed by atoms with Crippen LogP contribution < -0.4 is 0 Å². The molecule has 2 heterocycles. The van der Waals surface area contributed by atoms with E-state index in [0.717, 1.165) is 5.56 Å². The lowest BCUT2D eigenvalue weighted by atomic mass is 10.0. The fourth-order valence-corrected chi connectivity index (χ4v) is 2.69. The first-order valence-corrected chi connectivity index (χ1v) is 7.50. The number of benzene rings is 1. The second-order valence-electron chi connectivity index (χ2n) is 5.46. The molecule has 1 aliphatic rings. The third kappa shape index (κ3) is 3.53. The average molecular weight is 319 g/mol. The first kappa shape index (κ1) is 15.5. The van der Waals surface area contributed by atoms with E-state index in [0.29, 0.717) is 38.5 Å². The zero-order valence-electron chi connectivity index (χ0n) is 12.9. The van der Waals surface area contributed by atoms with Crippen LogP contribution in [0.5, 0.6) is 0 Å². The van der Waals surface area contributed by atoms with E-state index in [1.165, 1.54) is 16.8 Å². The maximum atomic E-state index is 13.4. The van der Waals surface area contributed by atoms with E-state index in [1.807, 2.05) is 0 Å². The fraction of sp³-hybridized carbons (Fsp3) is 0.467. The van der Waals surface area contributed by atoms with Gasteiger partial charge >= 0.3 is 0 Å². The number of hydrogen-bond acceptors (Lipinski definition) is 5. The van der Waals surface area contributed by atoms with Crippen LogP contribution in [0.3, 0.4) is 0 Å². The van der Waals surface area contributed by atoms with E-state index < -0.39 is 6.04 Å². The lowest BCUT2D eigenvalue weighted by molar-refractivity contribution is -0.139. The fourth-order valence-electron chi connectivity index (χ4n) is 2.69. The third-order valence-electron chi connectivity index (χ3n) is 3.88. The Hall–Kier alpha value is -2.35. The highest BCUT2D eigenvalue weighted by Crippen LogP contribution is 2.19. The van der Waals surface area contributed by atoms with Crippen LogP contribution >= 0.6 is 0 Å². The van der Waals surface area contributed by atoms with Crippen LogP contribution in [0.4, 0.5) is 4.39 Å². The van der Waals surface area contributed by atoms with Gasteiger partial charge in [-0.15, -0.1) is 5.10 Å². The molecule has 1 aromatic carbocycles. The molecule has 8 heteroatoms. The van der Waals surface area contributed by atoms with Gasteiger partial charge in [-0.25, -0.2) is 9.07 Å². The lowest BCUT2D eigenvalue weighted by Gasteiger charge is -2.30. The maximum Gasteiger partial charge on any atom is 0.248 e. The van der Waals surface area contributed by atoms with Crippen molar-refractivity contribution in [3.05, 3.63) is 41.5 Å². The molecule has 0 saturated carbocycles. The predicted molar refractivity (Wildman–Crippen MR) is 79.1 cm³/mol. The van der Waals surface area contributed by atoms with Gasteiger partial charge in [0.05, 0.1) is 13.2 Å². The summed E-state index contributed by atoms with van der Waals surface area (Å²) in [5.41, 5.74) is 0.728. The molecule has 2 aromatic rings. The van der Waals surface area contributed by atoms with Gasteiger partial charge in [0.15, 0.2) is 0 Å². The first-order chi connectivity index (χ1) is 11.1. The van der Waals surface area contributed by atoms with Gasteiger partial charge < -0.3 is 9.64 Å². The summed E-state index contributed by atoms with van der Waals surface area (Å²) in [4.78, 5) is 14.6. The van der Waals surface area contributed by atoms with Crippen LogP contribution in [0.25, 0.3) is 0 Å². The Labute approximate surface area is 133 Å². The Morgan fingerprint density at radius 1 is 1.39 bits per heavy atom. The highest BCUT2D eigenvalue weighted by molar-refractivity contribution is 5.80. The Bertz CT molecular complexity index is 684. The number of amides is 1. The number of nitrogens with zero attached hydrogens (tertiary/aromatic N) is 5. The monoisotopic (exact) mass is 319 g/mol.